The predicted molar refractivity (Wildman–Crippen MR) is 118 cm³/mol. The highest BCUT2D eigenvalue weighted by molar-refractivity contribution is 6.29. The second kappa shape index (κ2) is 9.83. The van der Waals surface area contributed by atoms with Crippen LogP contribution in [0, 0.1) is 5.82 Å². The number of hydrogen-bond donors (Lipinski definition) is 1. The lowest BCUT2D eigenvalue weighted by atomic mass is 10.0. The molecule has 1 fully saturated rings. The van der Waals surface area contributed by atoms with Crippen molar-refractivity contribution in [3.8, 4) is 5.88 Å². The van der Waals surface area contributed by atoms with Gasteiger partial charge in [-0.1, -0.05) is 12.1 Å². The molecular weight excluding hydrogens is 437 g/mol. The molecular formula is C23H25ClFN3O4. The van der Waals surface area contributed by atoms with Crippen molar-refractivity contribution < 1.29 is 23.5 Å². The van der Waals surface area contributed by atoms with Crippen LogP contribution in [0.25, 0.3) is 0 Å². The van der Waals surface area contributed by atoms with E-state index in [1.807, 2.05) is 6.92 Å². The molecule has 0 spiro atoms. The maximum atomic E-state index is 13.4. The van der Waals surface area contributed by atoms with Crippen molar-refractivity contribution in [2.24, 2.45) is 0 Å². The third kappa shape index (κ3) is 4.86. The highest BCUT2D eigenvalue weighted by Crippen LogP contribution is 2.35. The standard InChI is InChI=1S/C23H25ClFN3O4/c1-14-13-32-23-19(28(14)20(29)11-24)10-16(9-15-4-6-17(25)7-5-15)21(27-23)22(30)26-12-18-3-2-8-31-18/h4-7,10,14,18H,2-3,8-9,11-13H2,1H3,(H,26,30)/t14-,18-/m0/s1. The molecule has 2 amide bonds. The van der Waals surface area contributed by atoms with Gasteiger partial charge in [-0.25, -0.2) is 9.37 Å². The summed E-state index contributed by atoms with van der Waals surface area (Å²) in [5.74, 6) is -0.924. The third-order valence-corrected chi connectivity index (χ3v) is 5.86. The number of alkyl halides is 1. The van der Waals surface area contributed by atoms with Crippen LogP contribution in [0.15, 0.2) is 30.3 Å². The van der Waals surface area contributed by atoms with Crippen molar-refractivity contribution in [2.45, 2.75) is 38.3 Å². The van der Waals surface area contributed by atoms with Crippen molar-refractivity contribution >= 4 is 29.1 Å². The average molecular weight is 462 g/mol. The summed E-state index contributed by atoms with van der Waals surface area (Å²) in [6, 6.07) is 7.56. The SMILES string of the molecule is C[C@H]1COc2nc(C(=O)NC[C@@H]3CCCO3)c(Cc3ccc(F)cc3)cc2N1C(=O)CCl. The van der Waals surface area contributed by atoms with Crippen molar-refractivity contribution in [1.82, 2.24) is 10.3 Å². The Bertz CT molecular complexity index is 995. The minimum absolute atomic E-state index is 0.00828. The fourth-order valence-electron chi connectivity index (χ4n) is 4.01. The number of pyridine rings is 1. The summed E-state index contributed by atoms with van der Waals surface area (Å²) in [5.41, 5.74) is 2.09. The lowest BCUT2D eigenvalue weighted by Gasteiger charge is -2.34. The van der Waals surface area contributed by atoms with Gasteiger partial charge in [0.25, 0.3) is 5.91 Å². The molecule has 0 aliphatic carbocycles. The van der Waals surface area contributed by atoms with Crippen molar-refractivity contribution in [1.29, 1.82) is 0 Å². The maximum Gasteiger partial charge on any atom is 0.270 e. The highest BCUT2D eigenvalue weighted by atomic mass is 35.5. The molecule has 2 aliphatic rings. The van der Waals surface area contributed by atoms with Crippen LogP contribution >= 0.6 is 11.6 Å². The Hall–Kier alpha value is -2.71. The van der Waals surface area contributed by atoms with Crippen LogP contribution < -0.4 is 15.0 Å². The summed E-state index contributed by atoms with van der Waals surface area (Å²) < 4.78 is 24.7. The Morgan fingerprint density at radius 3 is 2.78 bits per heavy atom. The summed E-state index contributed by atoms with van der Waals surface area (Å²) in [7, 11) is 0. The molecule has 2 atom stereocenters. The number of nitrogens with one attached hydrogen (secondary N) is 1. The molecule has 1 aromatic heterocycles. The van der Waals surface area contributed by atoms with Gasteiger partial charge in [-0.15, -0.1) is 11.6 Å². The number of aromatic nitrogens is 1. The summed E-state index contributed by atoms with van der Waals surface area (Å²) in [6.07, 6.45) is 2.20. The molecule has 0 bridgehead atoms. The van der Waals surface area contributed by atoms with Gasteiger partial charge in [-0.3, -0.25) is 9.59 Å². The minimum atomic E-state index is -0.349. The maximum absolute atomic E-state index is 13.4. The Morgan fingerprint density at radius 1 is 1.31 bits per heavy atom. The molecule has 9 heteroatoms. The van der Waals surface area contributed by atoms with Gasteiger partial charge in [0.1, 0.15) is 29.7 Å². The highest BCUT2D eigenvalue weighted by Gasteiger charge is 2.32. The molecule has 2 aliphatic heterocycles. The van der Waals surface area contributed by atoms with Gasteiger partial charge in [0.05, 0.1) is 12.1 Å². The first-order valence-corrected chi connectivity index (χ1v) is 11.2. The van der Waals surface area contributed by atoms with Gasteiger partial charge in [0.15, 0.2) is 0 Å². The summed E-state index contributed by atoms with van der Waals surface area (Å²) in [4.78, 5) is 31.6. The molecule has 32 heavy (non-hydrogen) atoms. The van der Waals surface area contributed by atoms with Crippen molar-refractivity contribution in [3.05, 3.63) is 53.0 Å². The monoisotopic (exact) mass is 461 g/mol. The number of benzene rings is 1. The van der Waals surface area contributed by atoms with Crippen LogP contribution in [0.1, 0.15) is 41.4 Å². The lowest BCUT2D eigenvalue weighted by molar-refractivity contribution is -0.117. The third-order valence-electron chi connectivity index (χ3n) is 5.63. The molecule has 0 saturated carbocycles. The molecule has 1 N–H and O–H groups in total. The molecule has 0 radical (unpaired) electrons. The first kappa shape index (κ1) is 22.5. The van der Waals surface area contributed by atoms with Crippen LogP contribution in [0.5, 0.6) is 5.88 Å². The molecule has 1 aromatic carbocycles. The first-order valence-electron chi connectivity index (χ1n) is 10.6. The van der Waals surface area contributed by atoms with Gasteiger partial charge in [-0.2, -0.15) is 0 Å². The van der Waals surface area contributed by atoms with E-state index in [9.17, 15) is 14.0 Å². The summed E-state index contributed by atoms with van der Waals surface area (Å²) >= 11 is 5.82. The Labute approximate surface area is 190 Å². The van der Waals surface area contributed by atoms with E-state index in [0.29, 0.717) is 30.8 Å². The Kier molecular flexibility index (Phi) is 6.91. The summed E-state index contributed by atoms with van der Waals surface area (Å²) in [5, 5.41) is 2.89. The number of amides is 2. The first-order chi connectivity index (χ1) is 15.5. The zero-order valence-corrected chi connectivity index (χ0v) is 18.5. The number of hydrogen-bond acceptors (Lipinski definition) is 5. The van der Waals surface area contributed by atoms with E-state index in [0.717, 1.165) is 18.4 Å². The number of fused-ring (bicyclic) bond motifs is 1. The number of halogens is 2. The molecule has 2 aromatic rings. The van der Waals surface area contributed by atoms with Crippen LogP contribution in [-0.2, 0) is 16.0 Å². The number of carbonyl (C=O) groups is 2. The van der Waals surface area contributed by atoms with Gasteiger partial charge >= 0.3 is 0 Å². The van der Waals surface area contributed by atoms with Crippen LogP contribution in [0.3, 0.4) is 0 Å². The number of anilines is 1. The van der Waals surface area contributed by atoms with Crippen LogP contribution in [0.4, 0.5) is 10.1 Å². The molecule has 170 valence electrons. The number of carbonyl (C=O) groups excluding carboxylic acids is 2. The Morgan fingerprint density at radius 2 is 2.09 bits per heavy atom. The van der Waals surface area contributed by atoms with E-state index in [1.165, 1.54) is 12.1 Å². The summed E-state index contributed by atoms with van der Waals surface area (Å²) in [6.45, 7) is 3.19. The quantitative estimate of drug-likeness (QED) is 0.669. The largest absolute Gasteiger partial charge is 0.474 e. The molecule has 3 heterocycles. The van der Waals surface area contributed by atoms with Crippen molar-refractivity contribution in [2.75, 3.05) is 30.5 Å². The number of rotatable bonds is 6. The van der Waals surface area contributed by atoms with Gasteiger partial charge < -0.3 is 19.7 Å². The molecule has 4 rings (SSSR count). The second-order valence-corrected chi connectivity index (χ2v) is 8.29. The fraction of sp³-hybridized carbons (Fsp3) is 0.435. The molecule has 0 unspecified atom stereocenters. The lowest BCUT2D eigenvalue weighted by Crippen LogP contribution is -2.46. The van der Waals surface area contributed by atoms with E-state index in [-0.39, 0.29) is 53.8 Å². The van der Waals surface area contributed by atoms with E-state index in [2.05, 4.69) is 10.3 Å². The van der Waals surface area contributed by atoms with Gasteiger partial charge in [0.2, 0.25) is 11.8 Å². The smallest absolute Gasteiger partial charge is 0.270 e. The van der Waals surface area contributed by atoms with Crippen molar-refractivity contribution in [3.63, 3.8) is 0 Å². The predicted octanol–water partition coefficient (Wildman–Crippen LogP) is 3.07. The zero-order valence-electron chi connectivity index (χ0n) is 17.8. The second-order valence-electron chi connectivity index (χ2n) is 8.03. The fourth-order valence-corrected chi connectivity index (χ4v) is 4.14. The van der Waals surface area contributed by atoms with Crippen LogP contribution in [-0.4, -0.2) is 54.6 Å². The number of ether oxygens (including phenoxy) is 2. The molecule has 1 saturated heterocycles. The van der Waals surface area contributed by atoms with Gasteiger partial charge in [0, 0.05) is 13.2 Å². The minimum Gasteiger partial charge on any atom is -0.474 e. The van der Waals surface area contributed by atoms with Gasteiger partial charge in [-0.05, 0) is 55.5 Å². The van der Waals surface area contributed by atoms with E-state index in [4.69, 9.17) is 21.1 Å². The number of nitrogens with zero attached hydrogens (tertiary/aromatic N) is 2. The Balaban J connectivity index is 1.69. The van der Waals surface area contributed by atoms with E-state index >= 15 is 0 Å². The van der Waals surface area contributed by atoms with E-state index in [1.54, 1.807) is 23.1 Å². The zero-order chi connectivity index (χ0) is 22.7. The average Bonchev–Trinajstić information content (AvgIpc) is 3.32. The topological polar surface area (TPSA) is 80.8 Å². The molecule has 7 nitrogen and oxygen atoms in total. The van der Waals surface area contributed by atoms with Crippen LogP contribution in [0.2, 0.25) is 0 Å². The normalized spacial score (nSPS) is 19.9. The van der Waals surface area contributed by atoms with E-state index < -0.39 is 0 Å².